The summed E-state index contributed by atoms with van der Waals surface area (Å²) in [6.07, 6.45) is 0.752. The minimum Gasteiger partial charge on any atom is -0.489 e. The first-order chi connectivity index (χ1) is 7.13. The highest BCUT2D eigenvalue weighted by Gasteiger charge is 2.33. The van der Waals surface area contributed by atoms with E-state index in [2.05, 4.69) is 0 Å². The fourth-order valence-electron chi connectivity index (χ4n) is 2.01. The Bertz CT molecular complexity index is 401. The third-order valence-corrected chi connectivity index (χ3v) is 3.10. The standard InChI is InChI=1S/C12H13ClO2/c1-3-9-7(2)15-11-5-4-8(13)6-10(11)12(9)14/h4-7,9H,3H2,1-2H3. The normalized spacial score (nSPS) is 24.6. The van der Waals surface area contributed by atoms with Crippen LogP contribution in [0.4, 0.5) is 0 Å². The van der Waals surface area contributed by atoms with Crippen LogP contribution in [0.2, 0.25) is 5.02 Å². The lowest BCUT2D eigenvalue weighted by Gasteiger charge is -2.29. The zero-order valence-electron chi connectivity index (χ0n) is 8.79. The number of ether oxygens (including phenoxy) is 1. The third kappa shape index (κ3) is 1.74. The van der Waals surface area contributed by atoms with Gasteiger partial charge in [0.2, 0.25) is 0 Å². The van der Waals surface area contributed by atoms with E-state index in [1.165, 1.54) is 0 Å². The van der Waals surface area contributed by atoms with Crippen LogP contribution in [0.5, 0.6) is 5.75 Å². The van der Waals surface area contributed by atoms with Gasteiger partial charge in [-0.3, -0.25) is 4.79 Å². The molecule has 2 unspecified atom stereocenters. The monoisotopic (exact) mass is 224 g/mol. The van der Waals surface area contributed by atoms with Gasteiger partial charge in [-0.25, -0.2) is 0 Å². The summed E-state index contributed by atoms with van der Waals surface area (Å²) in [4.78, 5) is 12.1. The van der Waals surface area contributed by atoms with Gasteiger partial charge in [-0.05, 0) is 31.5 Å². The van der Waals surface area contributed by atoms with Crippen LogP contribution in [-0.2, 0) is 0 Å². The van der Waals surface area contributed by atoms with Crippen molar-refractivity contribution in [1.29, 1.82) is 0 Å². The van der Waals surface area contributed by atoms with E-state index in [0.717, 1.165) is 6.42 Å². The van der Waals surface area contributed by atoms with Gasteiger partial charge in [0.25, 0.3) is 0 Å². The van der Waals surface area contributed by atoms with Gasteiger partial charge in [-0.2, -0.15) is 0 Å². The number of hydrogen-bond donors (Lipinski definition) is 0. The molecule has 1 aliphatic rings. The SMILES string of the molecule is CCC1C(=O)c2cc(Cl)ccc2OC1C. The van der Waals surface area contributed by atoms with E-state index >= 15 is 0 Å². The summed E-state index contributed by atoms with van der Waals surface area (Å²) in [7, 11) is 0. The van der Waals surface area contributed by atoms with Crippen molar-refractivity contribution >= 4 is 17.4 Å². The Morgan fingerprint density at radius 3 is 2.87 bits per heavy atom. The lowest BCUT2D eigenvalue weighted by Crippen LogP contribution is -2.35. The van der Waals surface area contributed by atoms with E-state index in [-0.39, 0.29) is 17.8 Å². The van der Waals surface area contributed by atoms with Crippen molar-refractivity contribution in [2.24, 2.45) is 5.92 Å². The summed E-state index contributed by atoms with van der Waals surface area (Å²) in [6, 6.07) is 5.19. The van der Waals surface area contributed by atoms with Crippen molar-refractivity contribution in [1.82, 2.24) is 0 Å². The van der Waals surface area contributed by atoms with E-state index in [0.29, 0.717) is 16.3 Å². The maximum absolute atomic E-state index is 12.1. The van der Waals surface area contributed by atoms with Crippen molar-refractivity contribution in [2.75, 3.05) is 0 Å². The number of Topliss-reactive ketones (excluding diaryl/α,β-unsaturated/α-hetero) is 1. The van der Waals surface area contributed by atoms with Crippen LogP contribution in [0, 0.1) is 5.92 Å². The smallest absolute Gasteiger partial charge is 0.173 e. The molecule has 1 heterocycles. The highest BCUT2D eigenvalue weighted by molar-refractivity contribution is 6.31. The Morgan fingerprint density at radius 2 is 2.20 bits per heavy atom. The van der Waals surface area contributed by atoms with Crippen molar-refractivity contribution < 1.29 is 9.53 Å². The van der Waals surface area contributed by atoms with Crippen molar-refractivity contribution in [2.45, 2.75) is 26.4 Å². The van der Waals surface area contributed by atoms with E-state index < -0.39 is 0 Å². The molecule has 0 aliphatic carbocycles. The fraction of sp³-hybridized carbons (Fsp3) is 0.417. The van der Waals surface area contributed by atoms with Gasteiger partial charge in [0.15, 0.2) is 5.78 Å². The molecule has 0 bridgehead atoms. The molecule has 15 heavy (non-hydrogen) atoms. The number of benzene rings is 1. The zero-order chi connectivity index (χ0) is 11.0. The summed E-state index contributed by atoms with van der Waals surface area (Å²) in [5.41, 5.74) is 0.618. The molecule has 0 fully saturated rings. The summed E-state index contributed by atoms with van der Waals surface area (Å²) in [5, 5.41) is 0.579. The van der Waals surface area contributed by atoms with Gasteiger partial charge in [0.1, 0.15) is 11.9 Å². The Morgan fingerprint density at radius 1 is 1.47 bits per heavy atom. The van der Waals surface area contributed by atoms with E-state index in [4.69, 9.17) is 16.3 Å². The number of fused-ring (bicyclic) bond motifs is 1. The predicted molar refractivity (Wildman–Crippen MR) is 59.7 cm³/mol. The van der Waals surface area contributed by atoms with Gasteiger partial charge < -0.3 is 4.74 Å². The van der Waals surface area contributed by atoms with Crippen molar-refractivity contribution in [3.63, 3.8) is 0 Å². The third-order valence-electron chi connectivity index (χ3n) is 2.86. The van der Waals surface area contributed by atoms with Gasteiger partial charge >= 0.3 is 0 Å². The number of halogens is 1. The van der Waals surface area contributed by atoms with E-state index in [9.17, 15) is 4.79 Å². The molecule has 2 nitrogen and oxygen atoms in total. The summed E-state index contributed by atoms with van der Waals surface area (Å²) in [5.74, 6) is 0.756. The first kappa shape index (κ1) is 10.5. The summed E-state index contributed by atoms with van der Waals surface area (Å²) in [6.45, 7) is 3.93. The predicted octanol–water partition coefficient (Wildman–Crippen LogP) is 3.33. The molecule has 0 aromatic heterocycles. The van der Waals surface area contributed by atoms with Crippen LogP contribution in [0.3, 0.4) is 0 Å². The average Bonchev–Trinajstić information content (AvgIpc) is 2.20. The highest BCUT2D eigenvalue weighted by Crippen LogP contribution is 2.33. The quantitative estimate of drug-likeness (QED) is 0.732. The van der Waals surface area contributed by atoms with Crippen LogP contribution >= 0.6 is 11.6 Å². The molecule has 0 radical (unpaired) electrons. The topological polar surface area (TPSA) is 26.3 Å². The molecule has 3 heteroatoms. The van der Waals surface area contributed by atoms with Crippen LogP contribution < -0.4 is 4.74 Å². The first-order valence-corrected chi connectivity index (χ1v) is 5.51. The van der Waals surface area contributed by atoms with Gasteiger partial charge in [-0.15, -0.1) is 0 Å². The molecule has 1 aromatic rings. The minimum absolute atomic E-state index is 0.0452. The van der Waals surface area contributed by atoms with Crippen molar-refractivity contribution in [3.05, 3.63) is 28.8 Å². The van der Waals surface area contributed by atoms with Gasteiger partial charge in [0, 0.05) is 5.02 Å². The molecule has 0 amide bonds. The van der Waals surface area contributed by atoms with Crippen molar-refractivity contribution in [3.8, 4) is 5.75 Å². The molecule has 1 aromatic carbocycles. The zero-order valence-corrected chi connectivity index (χ0v) is 9.54. The minimum atomic E-state index is -0.0454. The fourth-order valence-corrected chi connectivity index (χ4v) is 2.18. The molecule has 1 aliphatic heterocycles. The van der Waals surface area contributed by atoms with E-state index in [1.54, 1.807) is 18.2 Å². The molecule has 0 saturated carbocycles. The maximum Gasteiger partial charge on any atom is 0.173 e. The molecule has 2 rings (SSSR count). The molecular weight excluding hydrogens is 212 g/mol. The van der Waals surface area contributed by atoms with Crippen LogP contribution in [0.1, 0.15) is 30.6 Å². The van der Waals surface area contributed by atoms with Crippen LogP contribution in [0.25, 0.3) is 0 Å². The average molecular weight is 225 g/mol. The van der Waals surface area contributed by atoms with Crippen LogP contribution in [-0.4, -0.2) is 11.9 Å². The lowest BCUT2D eigenvalue weighted by atomic mass is 9.88. The Kier molecular flexibility index (Phi) is 2.70. The number of ketones is 1. The largest absolute Gasteiger partial charge is 0.489 e. The highest BCUT2D eigenvalue weighted by atomic mass is 35.5. The Balaban J connectivity index is 2.47. The molecule has 0 saturated heterocycles. The molecule has 80 valence electrons. The van der Waals surface area contributed by atoms with Crippen LogP contribution in [0.15, 0.2) is 18.2 Å². The lowest BCUT2D eigenvalue weighted by molar-refractivity contribution is 0.0692. The second kappa shape index (κ2) is 3.86. The first-order valence-electron chi connectivity index (χ1n) is 5.14. The summed E-state index contributed by atoms with van der Waals surface area (Å²) < 4.78 is 5.68. The maximum atomic E-state index is 12.1. The molecule has 0 spiro atoms. The van der Waals surface area contributed by atoms with Gasteiger partial charge in [-0.1, -0.05) is 18.5 Å². The summed E-state index contributed by atoms with van der Waals surface area (Å²) >= 11 is 5.86. The number of carbonyl (C=O) groups excluding carboxylic acids is 1. The van der Waals surface area contributed by atoms with E-state index in [1.807, 2.05) is 13.8 Å². The molecular formula is C12H13ClO2. The Hall–Kier alpha value is -1.02. The number of rotatable bonds is 1. The second-order valence-corrected chi connectivity index (χ2v) is 4.28. The molecule has 0 N–H and O–H groups in total. The second-order valence-electron chi connectivity index (χ2n) is 3.84. The molecule has 2 atom stereocenters. The number of hydrogen-bond acceptors (Lipinski definition) is 2. The Labute approximate surface area is 94.2 Å². The van der Waals surface area contributed by atoms with Gasteiger partial charge in [0.05, 0.1) is 11.5 Å². The number of carbonyl (C=O) groups is 1.